The van der Waals surface area contributed by atoms with Gasteiger partial charge in [-0.15, -0.1) is 0 Å². The summed E-state index contributed by atoms with van der Waals surface area (Å²) in [5.41, 5.74) is -0.556. The molecule has 118 valence electrons. The van der Waals surface area contributed by atoms with Crippen molar-refractivity contribution < 1.29 is 4.79 Å². The van der Waals surface area contributed by atoms with Crippen LogP contribution in [0.1, 0.15) is 20.8 Å². The summed E-state index contributed by atoms with van der Waals surface area (Å²) < 4.78 is 3.21. The van der Waals surface area contributed by atoms with Crippen molar-refractivity contribution >= 4 is 5.91 Å². The molecule has 7 heteroatoms. The molecule has 2 rings (SSSR count). The highest BCUT2D eigenvalue weighted by molar-refractivity contribution is 5.76. The summed E-state index contributed by atoms with van der Waals surface area (Å²) in [6.45, 7) is 6.77. The molecule has 2 aromatic rings. The van der Waals surface area contributed by atoms with Crippen LogP contribution in [0.4, 0.5) is 0 Å². The summed E-state index contributed by atoms with van der Waals surface area (Å²) in [6, 6.07) is 1.54. The van der Waals surface area contributed by atoms with Crippen LogP contribution in [0.3, 0.4) is 0 Å². The van der Waals surface area contributed by atoms with E-state index in [1.165, 1.54) is 10.8 Å². The van der Waals surface area contributed by atoms with Crippen molar-refractivity contribution in [2.45, 2.75) is 39.9 Å². The number of carbonyl (C=O) groups is 1. The molecule has 1 amide bonds. The van der Waals surface area contributed by atoms with Gasteiger partial charge in [0.1, 0.15) is 6.54 Å². The maximum absolute atomic E-state index is 12.2. The van der Waals surface area contributed by atoms with Gasteiger partial charge in [-0.25, -0.2) is 14.8 Å². The zero-order valence-corrected chi connectivity index (χ0v) is 13.1. The zero-order valence-electron chi connectivity index (χ0n) is 13.1. The molecule has 1 unspecified atom stereocenters. The zero-order chi connectivity index (χ0) is 16.2. The fourth-order valence-electron chi connectivity index (χ4n) is 2.04. The van der Waals surface area contributed by atoms with Crippen molar-refractivity contribution in [3.05, 3.63) is 47.7 Å². The summed E-state index contributed by atoms with van der Waals surface area (Å²) in [4.78, 5) is 31.4. The highest BCUT2D eigenvalue weighted by atomic mass is 16.2. The van der Waals surface area contributed by atoms with E-state index in [0.29, 0.717) is 6.54 Å². The molecule has 2 aromatic heterocycles. The molecule has 0 bridgehead atoms. The molecule has 0 radical (unpaired) electrons. The summed E-state index contributed by atoms with van der Waals surface area (Å²) >= 11 is 0. The number of hydrogen-bond donors (Lipinski definition) is 1. The van der Waals surface area contributed by atoms with Crippen LogP contribution >= 0.6 is 0 Å². The third kappa shape index (κ3) is 4.28. The van der Waals surface area contributed by atoms with Gasteiger partial charge < -0.3 is 9.88 Å². The van der Waals surface area contributed by atoms with E-state index in [1.807, 2.05) is 10.8 Å². The van der Waals surface area contributed by atoms with Crippen LogP contribution < -0.4 is 11.0 Å². The molecule has 22 heavy (non-hydrogen) atoms. The van der Waals surface area contributed by atoms with Gasteiger partial charge in [-0.3, -0.25) is 9.36 Å². The Bertz CT molecular complexity index is 670. The van der Waals surface area contributed by atoms with Crippen molar-refractivity contribution in [1.82, 2.24) is 24.4 Å². The molecule has 1 atom stereocenters. The van der Waals surface area contributed by atoms with E-state index in [4.69, 9.17) is 0 Å². The van der Waals surface area contributed by atoms with Gasteiger partial charge in [-0.05, 0) is 11.5 Å². The molecule has 1 N–H and O–H groups in total. The number of imidazole rings is 1. The van der Waals surface area contributed by atoms with Gasteiger partial charge in [0.25, 0.3) is 0 Å². The lowest BCUT2D eigenvalue weighted by Crippen LogP contribution is -2.48. The first-order valence-corrected chi connectivity index (χ1v) is 7.13. The minimum Gasteiger partial charge on any atom is -0.349 e. The molecule has 0 saturated heterocycles. The first-order valence-electron chi connectivity index (χ1n) is 7.13. The molecule has 0 aromatic carbocycles. The molecular weight excluding hydrogens is 282 g/mol. The molecule has 7 nitrogen and oxygen atoms in total. The minimum absolute atomic E-state index is 0.0385. The average molecular weight is 303 g/mol. The molecule has 0 aliphatic heterocycles. The van der Waals surface area contributed by atoms with Crippen LogP contribution in [0.5, 0.6) is 0 Å². The van der Waals surface area contributed by atoms with Gasteiger partial charge in [-0.1, -0.05) is 20.8 Å². The summed E-state index contributed by atoms with van der Waals surface area (Å²) in [5.74, 6) is -0.213. The van der Waals surface area contributed by atoms with Crippen molar-refractivity contribution in [3.63, 3.8) is 0 Å². The minimum atomic E-state index is -0.431. The van der Waals surface area contributed by atoms with Crippen LogP contribution in [0.2, 0.25) is 0 Å². The Balaban J connectivity index is 2.05. The van der Waals surface area contributed by atoms with Gasteiger partial charge in [-0.2, -0.15) is 0 Å². The van der Waals surface area contributed by atoms with E-state index in [1.54, 1.807) is 24.8 Å². The maximum Gasteiger partial charge on any atom is 0.347 e. The van der Waals surface area contributed by atoms with Crippen molar-refractivity contribution in [2.24, 2.45) is 5.41 Å². The lowest BCUT2D eigenvalue weighted by Gasteiger charge is -2.31. The number of carbonyl (C=O) groups excluding carboxylic acids is 1. The van der Waals surface area contributed by atoms with Crippen LogP contribution in [-0.4, -0.2) is 31.1 Å². The second-order valence-corrected chi connectivity index (χ2v) is 6.28. The van der Waals surface area contributed by atoms with Crippen molar-refractivity contribution in [3.8, 4) is 0 Å². The second-order valence-electron chi connectivity index (χ2n) is 6.28. The lowest BCUT2D eigenvalue weighted by molar-refractivity contribution is -0.123. The Morgan fingerprint density at radius 3 is 2.68 bits per heavy atom. The van der Waals surface area contributed by atoms with Crippen molar-refractivity contribution in [1.29, 1.82) is 0 Å². The Morgan fingerprint density at radius 1 is 1.32 bits per heavy atom. The summed E-state index contributed by atoms with van der Waals surface area (Å²) in [6.07, 6.45) is 8.24. The number of nitrogens with zero attached hydrogens (tertiary/aromatic N) is 4. The number of aromatic nitrogens is 4. The molecule has 0 spiro atoms. The van der Waals surface area contributed by atoms with E-state index in [-0.39, 0.29) is 23.9 Å². The third-order valence-corrected chi connectivity index (χ3v) is 3.43. The maximum atomic E-state index is 12.2. The van der Waals surface area contributed by atoms with E-state index in [2.05, 4.69) is 36.1 Å². The Morgan fingerprint density at radius 2 is 2.09 bits per heavy atom. The number of hydrogen-bond acceptors (Lipinski definition) is 4. The number of amides is 1. The smallest absolute Gasteiger partial charge is 0.347 e. The fourth-order valence-corrected chi connectivity index (χ4v) is 2.04. The lowest BCUT2D eigenvalue weighted by atomic mass is 9.86. The van der Waals surface area contributed by atoms with Crippen LogP contribution in [-0.2, 0) is 17.9 Å². The topological polar surface area (TPSA) is 81.8 Å². The monoisotopic (exact) mass is 303 g/mol. The van der Waals surface area contributed by atoms with Crippen LogP contribution in [0.25, 0.3) is 0 Å². The van der Waals surface area contributed by atoms with E-state index in [9.17, 15) is 9.59 Å². The van der Waals surface area contributed by atoms with Gasteiger partial charge in [0.05, 0.1) is 12.4 Å². The van der Waals surface area contributed by atoms with E-state index < -0.39 is 5.69 Å². The molecule has 0 fully saturated rings. The predicted molar refractivity (Wildman–Crippen MR) is 82.1 cm³/mol. The Kier molecular flexibility index (Phi) is 4.75. The highest BCUT2D eigenvalue weighted by Gasteiger charge is 2.26. The largest absolute Gasteiger partial charge is 0.349 e. The Hall–Kier alpha value is -2.44. The van der Waals surface area contributed by atoms with Crippen molar-refractivity contribution in [2.75, 3.05) is 0 Å². The highest BCUT2D eigenvalue weighted by Crippen LogP contribution is 2.20. The molecule has 0 aliphatic rings. The van der Waals surface area contributed by atoms with E-state index in [0.717, 1.165) is 0 Å². The average Bonchev–Trinajstić information content (AvgIpc) is 2.92. The van der Waals surface area contributed by atoms with Gasteiger partial charge in [0, 0.05) is 31.3 Å². The summed E-state index contributed by atoms with van der Waals surface area (Å²) in [5, 5.41) is 3.00. The third-order valence-electron chi connectivity index (χ3n) is 3.43. The molecule has 2 heterocycles. The predicted octanol–water partition coefficient (Wildman–Crippen LogP) is 0.671. The first-order chi connectivity index (χ1) is 10.4. The standard InChI is InChI=1S/C15H21N5O2/c1-15(2,3)12(9-19-8-6-16-11-19)18-13(21)10-20-7-4-5-17-14(20)22/h4-8,11-12H,9-10H2,1-3H3,(H,18,21). The van der Waals surface area contributed by atoms with Gasteiger partial charge in [0.2, 0.25) is 5.91 Å². The van der Waals surface area contributed by atoms with Crippen LogP contribution in [0.15, 0.2) is 42.0 Å². The fraction of sp³-hybridized carbons (Fsp3) is 0.467. The first kappa shape index (κ1) is 15.9. The van der Waals surface area contributed by atoms with Gasteiger partial charge >= 0.3 is 5.69 Å². The quantitative estimate of drug-likeness (QED) is 0.880. The summed E-state index contributed by atoms with van der Waals surface area (Å²) in [7, 11) is 0. The van der Waals surface area contributed by atoms with Gasteiger partial charge in [0.15, 0.2) is 0 Å². The molecular formula is C15H21N5O2. The molecule has 0 saturated carbocycles. The Labute approximate surface area is 129 Å². The van der Waals surface area contributed by atoms with E-state index >= 15 is 0 Å². The molecule has 0 aliphatic carbocycles. The normalized spacial score (nSPS) is 12.9. The SMILES string of the molecule is CC(C)(C)C(Cn1ccnc1)NC(=O)Cn1cccnc1=O. The number of rotatable bonds is 5. The second kappa shape index (κ2) is 6.55. The van der Waals surface area contributed by atoms with Crippen LogP contribution in [0, 0.1) is 5.41 Å². The number of nitrogens with one attached hydrogen (secondary N) is 1.